The Labute approximate surface area is 146 Å². The summed E-state index contributed by atoms with van der Waals surface area (Å²) in [6, 6.07) is 0. The fourth-order valence-corrected chi connectivity index (χ4v) is 3.85. The van der Waals surface area contributed by atoms with E-state index in [4.69, 9.17) is 5.84 Å². The van der Waals surface area contributed by atoms with Gasteiger partial charge in [-0.3, -0.25) is 4.90 Å². The van der Waals surface area contributed by atoms with Crippen molar-refractivity contribution in [3.05, 3.63) is 23.4 Å². The van der Waals surface area contributed by atoms with Crippen LogP contribution in [0.2, 0.25) is 0 Å². The molecule has 0 aromatic rings. The van der Waals surface area contributed by atoms with Crippen molar-refractivity contribution in [2.24, 2.45) is 16.3 Å². The second-order valence-electron chi connectivity index (χ2n) is 5.39. The van der Waals surface area contributed by atoms with Crippen LogP contribution in [0.5, 0.6) is 0 Å². The molecule has 24 heavy (non-hydrogen) atoms. The lowest BCUT2D eigenvalue weighted by Gasteiger charge is -2.32. The van der Waals surface area contributed by atoms with Gasteiger partial charge in [0.1, 0.15) is 5.37 Å². The first-order valence-electron chi connectivity index (χ1n) is 7.33. The lowest BCUT2D eigenvalue weighted by Crippen LogP contribution is -2.45. The van der Waals surface area contributed by atoms with Gasteiger partial charge in [0.15, 0.2) is 9.84 Å². The maximum Gasteiger partial charge on any atom is 0.260 e. The minimum atomic E-state index is -2.97. The molecule has 0 aliphatic carbocycles. The summed E-state index contributed by atoms with van der Waals surface area (Å²) in [5.74, 6) is 5.29. The van der Waals surface area contributed by atoms with E-state index in [9.17, 15) is 17.2 Å². The van der Waals surface area contributed by atoms with E-state index < -0.39 is 21.6 Å². The summed E-state index contributed by atoms with van der Waals surface area (Å²) in [4.78, 5) is 1.93. The third-order valence-corrected chi connectivity index (χ3v) is 5.56. The molecule has 0 spiro atoms. The monoisotopic (exact) mass is 383 g/mol. The Morgan fingerprint density at radius 2 is 2.00 bits per heavy atom. The molecule has 0 aromatic heterocycles. The Morgan fingerprint density at radius 1 is 1.42 bits per heavy atom. The summed E-state index contributed by atoms with van der Waals surface area (Å²) in [7, 11) is -2.97. The predicted molar refractivity (Wildman–Crippen MR) is 92.3 cm³/mol. The Kier molecular flexibility index (Phi) is 8.10. The zero-order chi connectivity index (χ0) is 18.3. The summed E-state index contributed by atoms with van der Waals surface area (Å²) in [6.45, 7) is 4.16. The Hall–Kier alpha value is -1.20. The van der Waals surface area contributed by atoms with Crippen molar-refractivity contribution in [3.8, 4) is 0 Å². The molecule has 0 saturated carbocycles. The topological polar surface area (TPSA) is 91.4 Å². The second-order valence-corrected chi connectivity index (χ2v) is 8.28. The molecule has 1 aliphatic rings. The third kappa shape index (κ3) is 6.36. The molecule has 7 nitrogen and oxygen atoms in total. The highest BCUT2D eigenvalue weighted by Crippen LogP contribution is 2.20. The predicted octanol–water partition coefficient (Wildman–Crippen LogP) is 1.63. The fourth-order valence-electron chi connectivity index (χ4n) is 2.16. The average Bonchev–Trinajstić information content (AvgIpc) is 2.52. The van der Waals surface area contributed by atoms with E-state index in [2.05, 4.69) is 23.1 Å². The quantitative estimate of drug-likeness (QED) is 0.174. The van der Waals surface area contributed by atoms with E-state index >= 15 is 0 Å². The molecule has 138 valence electrons. The normalized spacial score (nSPS) is 21.4. The van der Waals surface area contributed by atoms with Crippen LogP contribution >= 0.6 is 12.6 Å². The summed E-state index contributed by atoms with van der Waals surface area (Å²) in [5, 5.41) is 7.79. The number of halogens is 2. The maximum absolute atomic E-state index is 12.7. The van der Waals surface area contributed by atoms with Gasteiger partial charge in [-0.2, -0.15) is 12.6 Å². The van der Waals surface area contributed by atoms with Crippen LogP contribution in [0.15, 0.2) is 33.9 Å². The van der Waals surface area contributed by atoms with Crippen molar-refractivity contribution in [2.45, 2.75) is 25.6 Å². The van der Waals surface area contributed by atoms with Gasteiger partial charge in [-0.05, 0) is 30.7 Å². The minimum absolute atomic E-state index is 0.0901. The van der Waals surface area contributed by atoms with E-state index in [1.807, 2.05) is 4.90 Å². The number of sulfone groups is 1. The molecule has 1 aliphatic heterocycles. The Bertz CT molecular complexity index is 593. The van der Waals surface area contributed by atoms with Crippen LogP contribution in [0.4, 0.5) is 8.78 Å². The van der Waals surface area contributed by atoms with Gasteiger partial charge in [0.05, 0.1) is 17.2 Å². The van der Waals surface area contributed by atoms with E-state index in [-0.39, 0.29) is 17.1 Å². The molecule has 1 heterocycles. The number of nitrogens with zero attached hydrogens (tertiary/aromatic N) is 4. The highest BCUT2D eigenvalue weighted by atomic mass is 32.2. The molecule has 0 amide bonds. The van der Waals surface area contributed by atoms with Gasteiger partial charge in [-0.25, -0.2) is 22.2 Å². The van der Waals surface area contributed by atoms with Gasteiger partial charge < -0.3 is 5.84 Å². The maximum atomic E-state index is 12.7. The van der Waals surface area contributed by atoms with E-state index in [1.54, 1.807) is 13.0 Å². The van der Waals surface area contributed by atoms with Crippen molar-refractivity contribution < 1.29 is 17.2 Å². The van der Waals surface area contributed by atoms with Crippen LogP contribution in [0.1, 0.15) is 13.8 Å². The molecule has 2 N–H and O–H groups in total. The van der Waals surface area contributed by atoms with Crippen LogP contribution < -0.4 is 5.84 Å². The Balaban J connectivity index is 2.85. The molecule has 0 aromatic carbocycles. The molecule has 0 bridgehead atoms. The van der Waals surface area contributed by atoms with E-state index in [1.165, 1.54) is 18.0 Å². The molecular weight excluding hydrogens is 360 g/mol. The molecule has 0 radical (unpaired) electrons. The standard InChI is InChI=1S/C13H23F2N5O2S2/c1-3-11(8-10(2)13(14)15)20(18-17-16)12(23)9-19-4-6-24(21,22)7-5-19/h3,8,12-13,23H,4-7,9H2,1-2H3,(H2,16,18). The average molecular weight is 383 g/mol. The van der Waals surface area contributed by atoms with Crippen molar-refractivity contribution in [1.82, 2.24) is 9.91 Å². The van der Waals surface area contributed by atoms with Crippen molar-refractivity contribution in [2.75, 3.05) is 31.1 Å². The summed E-state index contributed by atoms with van der Waals surface area (Å²) < 4.78 is 48.4. The molecule has 11 heteroatoms. The van der Waals surface area contributed by atoms with Gasteiger partial charge in [0, 0.05) is 19.6 Å². The lowest BCUT2D eigenvalue weighted by atomic mass is 10.2. The van der Waals surface area contributed by atoms with Crippen LogP contribution in [0.25, 0.3) is 0 Å². The molecule has 1 atom stereocenters. The number of allylic oxidation sites excluding steroid dienone is 3. The highest BCUT2D eigenvalue weighted by molar-refractivity contribution is 7.91. The summed E-state index contributed by atoms with van der Waals surface area (Å²) in [6.07, 6.45) is 0.315. The smallest absolute Gasteiger partial charge is 0.260 e. The summed E-state index contributed by atoms with van der Waals surface area (Å²) in [5.41, 5.74) is 0.261. The van der Waals surface area contributed by atoms with Gasteiger partial charge in [-0.15, -0.1) is 0 Å². The van der Waals surface area contributed by atoms with Crippen molar-refractivity contribution in [1.29, 1.82) is 0 Å². The first-order valence-corrected chi connectivity index (χ1v) is 9.67. The number of nitrogens with two attached hydrogens (primary N) is 1. The van der Waals surface area contributed by atoms with E-state index in [0.717, 1.165) is 0 Å². The fraction of sp³-hybridized carbons (Fsp3) is 0.692. The van der Waals surface area contributed by atoms with E-state index in [0.29, 0.717) is 25.3 Å². The zero-order valence-corrected chi connectivity index (χ0v) is 15.3. The highest BCUT2D eigenvalue weighted by Gasteiger charge is 2.26. The second kappa shape index (κ2) is 9.33. The Morgan fingerprint density at radius 3 is 2.46 bits per heavy atom. The summed E-state index contributed by atoms with van der Waals surface area (Å²) >= 11 is 4.45. The van der Waals surface area contributed by atoms with Crippen molar-refractivity contribution in [3.63, 3.8) is 0 Å². The SMILES string of the molecule is CC=C(C=C(C)C(F)F)N(N=NN)C(S)CN1CCS(=O)(=O)CC1. The third-order valence-electron chi connectivity index (χ3n) is 3.57. The van der Waals surface area contributed by atoms with Crippen molar-refractivity contribution >= 4 is 22.5 Å². The minimum Gasteiger partial charge on any atom is -0.303 e. The number of alkyl halides is 2. The number of hydrogen-bond acceptors (Lipinski definition) is 6. The van der Waals surface area contributed by atoms with Gasteiger partial charge in [-0.1, -0.05) is 11.3 Å². The number of rotatable bonds is 7. The number of thiol groups is 1. The van der Waals surface area contributed by atoms with Crippen LogP contribution in [-0.4, -0.2) is 61.3 Å². The zero-order valence-electron chi connectivity index (χ0n) is 13.6. The molecule has 1 unspecified atom stereocenters. The first-order chi connectivity index (χ1) is 11.2. The molecule has 1 rings (SSSR count). The van der Waals surface area contributed by atoms with Gasteiger partial charge >= 0.3 is 0 Å². The molecule has 1 saturated heterocycles. The lowest BCUT2D eigenvalue weighted by molar-refractivity contribution is 0.188. The van der Waals surface area contributed by atoms with Crippen LogP contribution in [0.3, 0.4) is 0 Å². The van der Waals surface area contributed by atoms with Gasteiger partial charge in [0.2, 0.25) is 0 Å². The van der Waals surface area contributed by atoms with Gasteiger partial charge in [0.25, 0.3) is 6.43 Å². The van der Waals surface area contributed by atoms with Crippen LogP contribution in [-0.2, 0) is 9.84 Å². The van der Waals surface area contributed by atoms with Crippen LogP contribution in [0, 0.1) is 0 Å². The molecule has 1 fully saturated rings. The molecular formula is C13H23F2N5O2S2. The number of hydrogen-bond donors (Lipinski definition) is 2. The largest absolute Gasteiger partial charge is 0.303 e. The first kappa shape index (κ1) is 20.8.